The SMILES string of the molecule is CCNC(=NCc1ncnn1C)NCCCOC1CCCC1. The number of ether oxygens (including phenoxy) is 1. The first-order valence-corrected chi connectivity index (χ1v) is 8.26. The molecule has 22 heavy (non-hydrogen) atoms. The molecule has 7 nitrogen and oxygen atoms in total. The Morgan fingerprint density at radius 3 is 2.91 bits per heavy atom. The monoisotopic (exact) mass is 308 g/mol. The van der Waals surface area contributed by atoms with E-state index in [1.165, 1.54) is 25.7 Å². The molecule has 0 aliphatic heterocycles. The number of hydrogen-bond acceptors (Lipinski definition) is 4. The van der Waals surface area contributed by atoms with Crippen LogP contribution in [0.25, 0.3) is 0 Å². The van der Waals surface area contributed by atoms with E-state index in [0.29, 0.717) is 12.6 Å². The fourth-order valence-electron chi connectivity index (χ4n) is 2.54. The Hall–Kier alpha value is -1.63. The second-order valence-corrected chi connectivity index (χ2v) is 5.55. The average Bonchev–Trinajstić information content (AvgIpc) is 3.16. The highest BCUT2D eigenvalue weighted by molar-refractivity contribution is 5.79. The Bertz CT molecular complexity index is 453. The minimum atomic E-state index is 0.498. The van der Waals surface area contributed by atoms with Gasteiger partial charge in [-0.25, -0.2) is 9.98 Å². The molecule has 0 atom stereocenters. The topological polar surface area (TPSA) is 76.4 Å². The summed E-state index contributed by atoms with van der Waals surface area (Å²) in [6.45, 7) is 5.09. The Labute approximate surface area is 132 Å². The molecule has 2 N–H and O–H groups in total. The molecule has 0 spiro atoms. The summed E-state index contributed by atoms with van der Waals surface area (Å²) in [5.41, 5.74) is 0. The molecular weight excluding hydrogens is 280 g/mol. The molecule has 1 aliphatic carbocycles. The third kappa shape index (κ3) is 5.63. The van der Waals surface area contributed by atoms with Crippen LogP contribution in [0.1, 0.15) is 44.9 Å². The molecule has 1 heterocycles. The van der Waals surface area contributed by atoms with Gasteiger partial charge in [-0.05, 0) is 26.2 Å². The second kappa shape index (κ2) is 9.40. The molecule has 0 unspecified atom stereocenters. The number of nitrogens with one attached hydrogen (secondary N) is 2. The Balaban J connectivity index is 1.65. The fourth-order valence-corrected chi connectivity index (χ4v) is 2.54. The van der Waals surface area contributed by atoms with Gasteiger partial charge < -0.3 is 15.4 Å². The van der Waals surface area contributed by atoms with Crippen molar-refractivity contribution in [1.82, 2.24) is 25.4 Å². The lowest BCUT2D eigenvalue weighted by Gasteiger charge is -2.13. The smallest absolute Gasteiger partial charge is 0.191 e. The number of guanidine groups is 1. The minimum absolute atomic E-state index is 0.498. The molecule has 0 aromatic carbocycles. The van der Waals surface area contributed by atoms with Gasteiger partial charge in [-0.15, -0.1) is 0 Å². The molecule has 0 radical (unpaired) electrons. The second-order valence-electron chi connectivity index (χ2n) is 5.55. The lowest BCUT2D eigenvalue weighted by molar-refractivity contribution is 0.0574. The van der Waals surface area contributed by atoms with Crippen molar-refractivity contribution in [3.05, 3.63) is 12.2 Å². The molecule has 0 bridgehead atoms. The van der Waals surface area contributed by atoms with E-state index in [2.05, 4.69) is 32.6 Å². The van der Waals surface area contributed by atoms with Crippen molar-refractivity contribution >= 4 is 5.96 Å². The standard InChI is InChI=1S/C15H28N6O/c1-3-16-15(18-11-14-19-12-20-21(14)2)17-9-6-10-22-13-7-4-5-8-13/h12-13H,3-11H2,1-2H3,(H2,16,17,18). The maximum Gasteiger partial charge on any atom is 0.191 e. The van der Waals surface area contributed by atoms with Crippen LogP contribution >= 0.6 is 0 Å². The highest BCUT2D eigenvalue weighted by Gasteiger charge is 2.14. The van der Waals surface area contributed by atoms with Crippen LogP contribution in [0.2, 0.25) is 0 Å². The number of rotatable bonds is 8. The highest BCUT2D eigenvalue weighted by Crippen LogP contribution is 2.20. The Kier molecular flexibility index (Phi) is 7.15. The van der Waals surface area contributed by atoms with Crippen LogP contribution in [0.15, 0.2) is 11.3 Å². The predicted molar refractivity (Wildman–Crippen MR) is 86.6 cm³/mol. The zero-order valence-electron chi connectivity index (χ0n) is 13.7. The molecular formula is C15H28N6O. The van der Waals surface area contributed by atoms with Gasteiger partial charge in [0.25, 0.3) is 0 Å². The van der Waals surface area contributed by atoms with Gasteiger partial charge in [0, 0.05) is 26.7 Å². The van der Waals surface area contributed by atoms with Crippen molar-refractivity contribution < 1.29 is 4.74 Å². The average molecular weight is 308 g/mol. The van der Waals surface area contributed by atoms with Gasteiger partial charge in [0.1, 0.15) is 18.7 Å². The number of aliphatic imine (C=N–C) groups is 1. The molecule has 0 amide bonds. The first-order valence-electron chi connectivity index (χ1n) is 8.26. The summed E-state index contributed by atoms with van der Waals surface area (Å²) < 4.78 is 7.60. The zero-order valence-corrected chi connectivity index (χ0v) is 13.7. The van der Waals surface area contributed by atoms with E-state index >= 15 is 0 Å². The molecule has 1 aromatic rings. The molecule has 1 saturated carbocycles. The molecule has 1 aromatic heterocycles. The summed E-state index contributed by atoms with van der Waals surface area (Å²) in [7, 11) is 1.87. The van der Waals surface area contributed by atoms with Crippen molar-refractivity contribution in [2.24, 2.45) is 12.0 Å². The van der Waals surface area contributed by atoms with Gasteiger partial charge in [0.05, 0.1) is 6.10 Å². The number of hydrogen-bond donors (Lipinski definition) is 2. The van der Waals surface area contributed by atoms with Crippen molar-refractivity contribution in [3.63, 3.8) is 0 Å². The third-order valence-corrected chi connectivity index (χ3v) is 3.80. The van der Waals surface area contributed by atoms with E-state index in [-0.39, 0.29) is 0 Å². The van der Waals surface area contributed by atoms with Gasteiger partial charge in [-0.1, -0.05) is 12.8 Å². The highest BCUT2D eigenvalue weighted by atomic mass is 16.5. The molecule has 7 heteroatoms. The van der Waals surface area contributed by atoms with Crippen LogP contribution in [-0.4, -0.2) is 46.5 Å². The van der Waals surface area contributed by atoms with Crippen LogP contribution in [0.4, 0.5) is 0 Å². The molecule has 1 fully saturated rings. The van der Waals surface area contributed by atoms with Crippen LogP contribution in [0.5, 0.6) is 0 Å². The van der Waals surface area contributed by atoms with Crippen molar-refractivity contribution in [1.29, 1.82) is 0 Å². The summed E-state index contributed by atoms with van der Waals surface area (Å²) in [4.78, 5) is 8.69. The minimum Gasteiger partial charge on any atom is -0.378 e. The summed E-state index contributed by atoms with van der Waals surface area (Å²) in [6.07, 6.45) is 8.14. The van der Waals surface area contributed by atoms with E-state index in [0.717, 1.165) is 37.9 Å². The first kappa shape index (κ1) is 16.7. The molecule has 124 valence electrons. The molecule has 2 rings (SSSR count). The van der Waals surface area contributed by atoms with E-state index in [1.807, 2.05) is 7.05 Å². The van der Waals surface area contributed by atoms with Gasteiger partial charge in [-0.2, -0.15) is 5.10 Å². The van der Waals surface area contributed by atoms with Crippen LogP contribution < -0.4 is 10.6 Å². The van der Waals surface area contributed by atoms with Gasteiger partial charge in [-0.3, -0.25) is 4.68 Å². The molecule has 1 aliphatic rings. The Morgan fingerprint density at radius 1 is 1.41 bits per heavy atom. The van der Waals surface area contributed by atoms with Crippen molar-refractivity contribution in [3.8, 4) is 0 Å². The molecule has 0 saturated heterocycles. The number of nitrogens with zero attached hydrogens (tertiary/aromatic N) is 4. The zero-order chi connectivity index (χ0) is 15.6. The predicted octanol–water partition coefficient (Wildman–Crippen LogP) is 1.22. The maximum atomic E-state index is 5.86. The quantitative estimate of drug-likeness (QED) is 0.429. The lowest BCUT2D eigenvalue weighted by Crippen LogP contribution is -2.38. The summed E-state index contributed by atoms with van der Waals surface area (Å²) >= 11 is 0. The largest absolute Gasteiger partial charge is 0.378 e. The van der Waals surface area contributed by atoms with Gasteiger partial charge in [0.15, 0.2) is 5.96 Å². The fraction of sp³-hybridized carbons (Fsp3) is 0.800. The van der Waals surface area contributed by atoms with E-state index in [4.69, 9.17) is 4.74 Å². The van der Waals surface area contributed by atoms with Crippen LogP contribution in [0.3, 0.4) is 0 Å². The van der Waals surface area contributed by atoms with Gasteiger partial charge >= 0.3 is 0 Å². The summed E-state index contributed by atoms with van der Waals surface area (Å²) in [5.74, 6) is 1.66. The van der Waals surface area contributed by atoms with Crippen LogP contribution in [-0.2, 0) is 18.3 Å². The number of aromatic nitrogens is 3. The van der Waals surface area contributed by atoms with Gasteiger partial charge in [0.2, 0.25) is 0 Å². The third-order valence-electron chi connectivity index (χ3n) is 3.80. The lowest BCUT2D eigenvalue weighted by atomic mass is 10.3. The first-order chi connectivity index (χ1) is 10.8. The summed E-state index contributed by atoms with van der Waals surface area (Å²) in [6, 6.07) is 0. The van der Waals surface area contributed by atoms with E-state index < -0.39 is 0 Å². The van der Waals surface area contributed by atoms with E-state index in [9.17, 15) is 0 Å². The number of aryl methyl sites for hydroxylation is 1. The summed E-state index contributed by atoms with van der Waals surface area (Å²) in [5, 5.41) is 10.6. The maximum absolute atomic E-state index is 5.86. The van der Waals surface area contributed by atoms with Crippen LogP contribution in [0, 0.1) is 0 Å². The van der Waals surface area contributed by atoms with E-state index in [1.54, 1.807) is 11.0 Å². The Morgan fingerprint density at radius 2 is 2.23 bits per heavy atom. The van der Waals surface area contributed by atoms with Crippen molar-refractivity contribution in [2.75, 3.05) is 19.7 Å². The van der Waals surface area contributed by atoms with Crippen molar-refractivity contribution in [2.45, 2.75) is 51.7 Å². The normalized spacial score (nSPS) is 16.2.